The molecule has 0 radical (unpaired) electrons. The Balaban J connectivity index is 1.63. The summed E-state index contributed by atoms with van der Waals surface area (Å²) < 4.78 is 15.1. The molecule has 0 aliphatic rings. The van der Waals surface area contributed by atoms with Crippen LogP contribution in [-0.4, -0.2) is 27.0 Å². The zero-order valence-corrected chi connectivity index (χ0v) is 14.9. The highest BCUT2D eigenvalue weighted by Gasteiger charge is 2.11. The number of rotatable bonds is 6. The molecule has 1 aromatic carbocycles. The third kappa shape index (κ3) is 4.14. The molecule has 0 atom stereocenters. The Hall–Kier alpha value is -3.02. The van der Waals surface area contributed by atoms with Crippen LogP contribution in [0.1, 0.15) is 33.1 Å². The van der Waals surface area contributed by atoms with Gasteiger partial charge in [0.25, 0.3) is 5.91 Å². The predicted molar refractivity (Wildman–Crippen MR) is 97.5 cm³/mol. The lowest BCUT2D eigenvalue weighted by Crippen LogP contribution is -2.27. The van der Waals surface area contributed by atoms with Crippen molar-refractivity contribution in [1.82, 2.24) is 19.9 Å². The topological polar surface area (TPSA) is 59.8 Å². The van der Waals surface area contributed by atoms with Crippen molar-refractivity contribution >= 4 is 5.91 Å². The standard InChI is InChI=1S/C20H21FN4O/c1-14-12-24-19(25(14)13-16-5-7-17(21)8-6-16)9-11-23-20(26)18-4-3-10-22-15(18)2/h3-8,10,12H,9,11,13H2,1-2H3,(H,23,26). The Kier molecular flexibility index (Phi) is 5.41. The summed E-state index contributed by atoms with van der Waals surface area (Å²) in [6, 6.07) is 9.96. The lowest BCUT2D eigenvalue weighted by Gasteiger charge is -2.11. The van der Waals surface area contributed by atoms with Gasteiger partial charge in [-0.1, -0.05) is 12.1 Å². The molecule has 2 heterocycles. The Bertz CT molecular complexity index is 902. The number of halogens is 1. The minimum atomic E-state index is -0.246. The van der Waals surface area contributed by atoms with Gasteiger partial charge in [-0.2, -0.15) is 0 Å². The van der Waals surface area contributed by atoms with E-state index in [0.717, 1.165) is 17.1 Å². The van der Waals surface area contributed by atoms with E-state index in [9.17, 15) is 9.18 Å². The highest BCUT2D eigenvalue weighted by Crippen LogP contribution is 2.11. The van der Waals surface area contributed by atoms with Crippen molar-refractivity contribution in [3.8, 4) is 0 Å². The largest absolute Gasteiger partial charge is 0.352 e. The fraction of sp³-hybridized carbons (Fsp3) is 0.250. The number of carbonyl (C=O) groups is 1. The fourth-order valence-corrected chi connectivity index (χ4v) is 2.81. The quantitative estimate of drug-likeness (QED) is 0.742. The van der Waals surface area contributed by atoms with Gasteiger partial charge in [0, 0.05) is 43.3 Å². The zero-order valence-electron chi connectivity index (χ0n) is 14.9. The van der Waals surface area contributed by atoms with Gasteiger partial charge in [-0.15, -0.1) is 0 Å². The number of benzene rings is 1. The number of pyridine rings is 1. The Morgan fingerprint density at radius 1 is 1.15 bits per heavy atom. The third-order valence-corrected chi connectivity index (χ3v) is 4.28. The summed E-state index contributed by atoms with van der Waals surface area (Å²) in [5.41, 5.74) is 3.32. The number of nitrogens with one attached hydrogen (secondary N) is 1. The molecule has 3 aromatic rings. The minimum Gasteiger partial charge on any atom is -0.352 e. The van der Waals surface area contributed by atoms with Crippen LogP contribution >= 0.6 is 0 Å². The van der Waals surface area contributed by atoms with Crippen LogP contribution in [0.3, 0.4) is 0 Å². The lowest BCUT2D eigenvalue weighted by molar-refractivity contribution is 0.0953. The summed E-state index contributed by atoms with van der Waals surface area (Å²) in [5, 5.41) is 2.91. The van der Waals surface area contributed by atoms with Crippen molar-refractivity contribution < 1.29 is 9.18 Å². The van der Waals surface area contributed by atoms with Crippen molar-refractivity contribution in [3.63, 3.8) is 0 Å². The molecule has 0 aliphatic heterocycles. The summed E-state index contributed by atoms with van der Waals surface area (Å²) in [5.74, 6) is 0.503. The average molecular weight is 352 g/mol. The second kappa shape index (κ2) is 7.91. The van der Waals surface area contributed by atoms with E-state index in [1.807, 2.05) is 20.0 Å². The molecule has 0 spiro atoms. The van der Waals surface area contributed by atoms with Crippen LogP contribution in [-0.2, 0) is 13.0 Å². The molecule has 0 fully saturated rings. The molecule has 0 aliphatic carbocycles. The number of aromatic nitrogens is 3. The van der Waals surface area contributed by atoms with E-state index in [4.69, 9.17) is 0 Å². The summed E-state index contributed by atoms with van der Waals surface area (Å²) in [6.07, 6.45) is 4.09. The second-order valence-electron chi connectivity index (χ2n) is 6.17. The SMILES string of the molecule is Cc1ncccc1C(=O)NCCc1ncc(C)n1Cc1ccc(F)cc1. The lowest BCUT2D eigenvalue weighted by atomic mass is 10.2. The van der Waals surface area contributed by atoms with E-state index in [1.54, 1.807) is 30.5 Å². The highest BCUT2D eigenvalue weighted by atomic mass is 19.1. The van der Waals surface area contributed by atoms with Gasteiger partial charge in [-0.3, -0.25) is 9.78 Å². The van der Waals surface area contributed by atoms with Gasteiger partial charge in [0.05, 0.1) is 5.56 Å². The molecule has 134 valence electrons. The van der Waals surface area contributed by atoms with Crippen molar-refractivity contribution in [2.75, 3.05) is 6.54 Å². The fourth-order valence-electron chi connectivity index (χ4n) is 2.81. The first-order valence-corrected chi connectivity index (χ1v) is 8.50. The van der Waals surface area contributed by atoms with Crippen LogP contribution in [0.4, 0.5) is 4.39 Å². The van der Waals surface area contributed by atoms with Crippen molar-refractivity contribution in [2.45, 2.75) is 26.8 Å². The summed E-state index contributed by atoms with van der Waals surface area (Å²) in [6.45, 7) is 4.90. The van der Waals surface area contributed by atoms with E-state index in [-0.39, 0.29) is 11.7 Å². The van der Waals surface area contributed by atoms with Crippen molar-refractivity contribution in [2.24, 2.45) is 0 Å². The molecule has 5 nitrogen and oxygen atoms in total. The number of carbonyl (C=O) groups excluding carboxylic acids is 1. The molecule has 0 bridgehead atoms. The number of hydrogen-bond donors (Lipinski definition) is 1. The molecular weight excluding hydrogens is 331 g/mol. The maximum atomic E-state index is 13.1. The molecule has 0 saturated carbocycles. The van der Waals surface area contributed by atoms with E-state index in [0.29, 0.717) is 30.8 Å². The second-order valence-corrected chi connectivity index (χ2v) is 6.17. The molecule has 0 unspecified atom stereocenters. The van der Waals surface area contributed by atoms with Gasteiger partial charge < -0.3 is 9.88 Å². The maximum absolute atomic E-state index is 13.1. The van der Waals surface area contributed by atoms with Gasteiger partial charge in [-0.05, 0) is 43.7 Å². The number of amides is 1. The number of nitrogens with zero attached hydrogens (tertiary/aromatic N) is 3. The summed E-state index contributed by atoms with van der Waals surface area (Å²) in [7, 11) is 0. The van der Waals surface area contributed by atoms with Gasteiger partial charge in [0.15, 0.2) is 0 Å². The van der Waals surface area contributed by atoms with Crippen LogP contribution in [0.25, 0.3) is 0 Å². The van der Waals surface area contributed by atoms with Crippen LogP contribution < -0.4 is 5.32 Å². The smallest absolute Gasteiger partial charge is 0.253 e. The number of imidazole rings is 1. The van der Waals surface area contributed by atoms with Crippen molar-refractivity contribution in [1.29, 1.82) is 0 Å². The number of aryl methyl sites for hydroxylation is 2. The predicted octanol–water partition coefficient (Wildman–Crippen LogP) is 3.05. The molecule has 3 rings (SSSR count). The highest BCUT2D eigenvalue weighted by molar-refractivity contribution is 5.95. The van der Waals surface area contributed by atoms with Crippen LogP contribution in [0, 0.1) is 19.7 Å². The minimum absolute atomic E-state index is 0.135. The average Bonchev–Trinajstić information content (AvgIpc) is 2.97. The normalized spacial score (nSPS) is 10.7. The maximum Gasteiger partial charge on any atom is 0.253 e. The van der Waals surface area contributed by atoms with Crippen LogP contribution in [0.5, 0.6) is 0 Å². The van der Waals surface area contributed by atoms with Crippen LogP contribution in [0.2, 0.25) is 0 Å². The molecule has 1 N–H and O–H groups in total. The first-order valence-electron chi connectivity index (χ1n) is 8.50. The Labute approximate surface area is 151 Å². The van der Waals surface area contributed by atoms with E-state index < -0.39 is 0 Å². The zero-order chi connectivity index (χ0) is 18.5. The first-order chi connectivity index (χ1) is 12.5. The summed E-state index contributed by atoms with van der Waals surface area (Å²) in [4.78, 5) is 20.8. The van der Waals surface area contributed by atoms with Gasteiger partial charge in [0.2, 0.25) is 0 Å². The Morgan fingerprint density at radius 2 is 1.92 bits per heavy atom. The molecule has 6 heteroatoms. The molecule has 1 amide bonds. The molecule has 26 heavy (non-hydrogen) atoms. The van der Waals surface area contributed by atoms with E-state index in [2.05, 4.69) is 19.9 Å². The Morgan fingerprint density at radius 3 is 2.65 bits per heavy atom. The van der Waals surface area contributed by atoms with Crippen molar-refractivity contribution in [3.05, 3.63) is 82.9 Å². The van der Waals surface area contributed by atoms with Gasteiger partial charge in [0.1, 0.15) is 11.6 Å². The monoisotopic (exact) mass is 352 g/mol. The van der Waals surface area contributed by atoms with E-state index >= 15 is 0 Å². The molecular formula is C20H21FN4O. The first kappa shape index (κ1) is 17.8. The van der Waals surface area contributed by atoms with E-state index in [1.165, 1.54) is 12.1 Å². The van der Waals surface area contributed by atoms with Crippen LogP contribution in [0.15, 0.2) is 48.8 Å². The summed E-state index contributed by atoms with van der Waals surface area (Å²) >= 11 is 0. The van der Waals surface area contributed by atoms with Gasteiger partial charge >= 0.3 is 0 Å². The number of hydrogen-bond acceptors (Lipinski definition) is 3. The van der Waals surface area contributed by atoms with Gasteiger partial charge in [-0.25, -0.2) is 9.37 Å². The third-order valence-electron chi connectivity index (χ3n) is 4.28. The molecule has 2 aromatic heterocycles. The molecule has 0 saturated heterocycles.